The van der Waals surface area contributed by atoms with Gasteiger partial charge in [0.1, 0.15) is 6.54 Å². The number of carbonyl (C=O) groups excluding carboxylic acids is 2. The molecule has 30 heavy (non-hydrogen) atoms. The smallest absolute Gasteiger partial charge is 0.276 e. The van der Waals surface area contributed by atoms with E-state index in [1.54, 1.807) is 18.1 Å². The molecule has 2 heterocycles. The third kappa shape index (κ3) is 4.41. The van der Waals surface area contributed by atoms with E-state index >= 15 is 0 Å². The van der Waals surface area contributed by atoms with Gasteiger partial charge in [0.05, 0.1) is 6.10 Å². The Morgan fingerprint density at radius 2 is 1.80 bits per heavy atom. The first-order valence-electron chi connectivity index (χ1n) is 9.80. The highest BCUT2D eigenvalue weighted by Gasteiger charge is 2.32. The van der Waals surface area contributed by atoms with Crippen LogP contribution in [0.5, 0.6) is 0 Å². The number of benzene rings is 2. The molecule has 2 amide bonds. The van der Waals surface area contributed by atoms with Gasteiger partial charge in [-0.3, -0.25) is 9.59 Å². The molecule has 1 atom stereocenters. The lowest BCUT2D eigenvalue weighted by molar-refractivity contribution is -0.132. The van der Waals surface area contributed by atoms with E-state index < -0.39 is 0 Å². The van der Waals surface area contributed by atoms with Crippen molar-refractivity contribution in [3.8, 4) is 11.3 Å². The number of carbonyl (C=O) groups is 2. The summed E-state index contributed by atoms with van der Waals surface area (Å²) >= 11 is 0. The zero-order chi connectivity index (χ0) is 20.9. The number of ether oxygens (including phenoxy) is 1. The molecule has 1 aliphatic heterocycles. The van der Waals surface area contributed by atoms with Gasteiger partial charge in [0.2, 0.25) is 5.91 Å². The Kier molecular flexibility index (Phi) is 5.90. The van der Waals surface area contributed by atoms with Crippen LogP contribution in [0, 0.1) is 0 Å². The van der Waals surface area contributed by atoms with Gasteiger partial charge in [0.15, 0.2) is 11.5 Å². The molecule has 1 aliphatic rings. The van der Waals surface area contributed by atoms with Crippen LogP contribution in [-0.4, -0.2) is 59.6 Å². The third-order valence-electron chi connectivity index (χ3n) is 5.15. The van der Waals surface area contributed by atoms with Crippen LogP contribution in [-0.2, 0) is 16.1 Å². The third-order valence-corrected chi connectivity index (χ3v) is 5.15. The van der Waals surface area contributed by atoms with Gasteiger partial charge >= 0.3 is 0 Å². The molecule has 1 unspecified atom stereocenters. The van der Waals surface area contributed by atoms with Crippen molar-refractivity contribution in [2.75, 3.05) is 26.7 Å². The van der Waals surface area contributed by atoms with E-state index in [-0.39, 0.29) is 30.2 Å². The monoisotopic (exact) mass is 405 g/mol. The lowest BCUT2D eigenvalue weighted by Crippen LogP contribution is -2.39. The second-order valence-electron chi connectivity index (χ2n) is 7.25. The predicted molar refractivity (Wildman–Crippen MR) is 110 cm³/mol. The minimum atomic E-state index is -0.349. The number of methoxy groups -OCH3 is 1. The number of hydrogen-bond acceptors (Lipinski definition) is 5. The van der Waals surface area contributed by atoms with E-state index in [1.165, 1.54) is 4.90 Å². The second-order valence-corrected chi connectivity index (χ2v) is 7.25. The van der Waals surface area contributed by atoms with Gasteiger partial charge < -0.3 is 19.1 Å². The van der Waals surface area contributed by atoms with Gasteiger partial charge in [-0.15, -0.1) is 0 Å². The fourth-order valence-electron chi connectivity index (χ4n) is 3.52. The van der Waals surface area contributed by atoms with E-state index in [0.29, 0.717) is 25.4 Å². The lowest BCUT2D eigenvalue weighted by Gasteiger charge is -2.23. The summed E-state index contributed by atoms with van der Waals surface area (Å²) in [6, 6.07) is 20.8. The van der Waals surface area contributed by atoms with Crippen LogP contribution in [0.3, 0.4) is 0 Å². The summed E-state index contributed by atoms with van der Waals surface area (Å²) in [6.07, 6.45) is -0.287. The molecule has 0 saturated carbocycles. The van der Waals surface area contributed by atoms with Crippen LogP contribution < -0.4 is 0 Å². The summed E-state index contributed by atoms with van der Waals surface area (Å²) in [5.74, 6) is 0.0329. The van der Waals surface area contributed by atoms with Crippen molar-refractivity contribution in [3.63, 3.8) is 0 Å². The Labute approximate surface area is 174 Å². The minimum Gasteiger partial charge on any atom is -0.378 e. The van der Waals surface area contributed by atoms with E-state index in [4.69, 9.17) is 9.26 Å². The molecule has 3 aromatic rings. The molecule has 0 N–H and O–H groups in total. The maximum atomic E-state index is 13.0. The first kappa shape index (κ1) is 19.8. The van der Waals surface area contributed by atoms with Gasteiger partial charge in [-0.25, -0.2) is 0 Å². The number of rotatable bonds is 5. The summed E-state index contributed by atoms with van der Waals surface area (Å²) in [5.41, 5.74) is 2.04. The highest BCUT2D eigenvalue weighted by atomic mass is 16.5. The van der Waals surface area contributed by atoms with Crippen molar-refractivity contribution in [2.24, 2.45) is 0 Å². The van der Waals surface area contributed by atoms with Crippen LogP contribution in [0.2, 0.25) is 0 Å². The number of nitrogens with zero attached hydrogens (tertiary/aromatic N) is 3. The summed E-state index contributed by atoms with van der Waals surface area (Å²) in [6.45, 7) is 1.17. The van der Waals surface area contributed by atoms with Crippen molar-refractivity contribution in [2.45, 2.75) is 12.6 Å². The van der Waals surface area contributed by atoms with E-state index in [2.05, 4.69) is 5.16 Å². The van der Waals surface area contributed by atoms with Gasteiger partial charge in [-0.1, -0.05) is 65.8 Å². The van der Waals surface area contributed by atoms with Gasteiger partial charge in [0.25, 0.3) is 5.91 Å². The highest BCUT2D eigenvalue weighted by molar-refractivity contribution is 5.95. The van der Waals surface area contributed by atoms with Crippen molar-refractivity contribution in [3.05, 3.63) is 78.0 Å². The molecule has 1 aromatic heterocycles. The van der Waals surface area contributed by atoms with Crippen molar-refractivity contribution in [1.29, 1.82) is 0 Å². The first-order valence-corrected chi connectivity index (χ1v) is 9.80. The maximum Gasteiger partial charge on any atom is 0.276 e. The Balaban J connectivity index is 1.51. The summed E-state index contributed by atoms with van der Waals surface area (Å²) in [5, 5.41) is 3.93. The summed E-state index contributed by atoms with van der Waals surface area (Å²) in [7, 11) is 1.59. The molecule has 2 aromatic carbocycles. The Bertz CT molecular complexity index is 1000. The molecule has 7 nitrogen and oxygen atoms in total. The predicted octanol–water partition coefficient (Wildman–Crippen LogP) is 2.84. The SMILES string of the molecule is COC1CN(Cc2ccccc2)C(=O)CN(C(=O)c2cc(-c3ccccc3)on2)C1. The zero-order valence-corrected chi connectivity index (χ0v) is 16.7. The molecule has 0 bridgehead atoms. The molecule has 154 valence electrons. The quantitative estimate of drug-likeness (QED) is 0.653. The Hall–Kier alpha value is -3.45. The molecule has 0 spiro atoms. The fraction of sp³-hybridized carbons (Fsp3) is 0.261. The van der Waals surface area contributed by atoms with Gasteiger partial charge in [0, 0.05) is 38.4 Å². The molecular weight excluding hydrogens is 382 g/mol. The largest absolute Gasteiger partial charge is 0.378 e. The van der Waals surface area contributed by atoms with Crippen molar-refractivity contribution in [1.82, 2.24) is 15.0 Å². The van der Waals surface area contributed by atoms with Crippen LogP contribution >= 0.6 is 0 Å². The molecule has 0 radical (unpaired) electrons. The molecule has 1 fully saturated rings. The highest BCUT2D eigenvalue weighted by Crippen LogP contribution is 2.21. The van der Waals surface area contributed by atoms with Crippen LogP contribution in [0.25, 0.3) is 11.3 Å². The maximum absolute atomic E-state index is 13.0. The fourth-order valence-corrected chi connectivity index (χ4v) is 3.52. The van der Waals surface area contributed by atoms with E-state index in [9.17, 15) is 9.59 Å². The number of hydrogen-bond donors (Lipinski definition) is 0. The molecule has 7 heteroatoms. The number of aromatic nitrogens is 1. The molecule has 1 saturated heterocycles. The topological polar surface area (TPSA) is 75.9 Å². The summed E-state index contributed by atoms with van der Waals surface area (Å²) < 4.78 is 10.9. The van der Waals surface area contributed by atoms with Crippen molar-refractivity contribution >= 4 is 11.8 Å². The van der Waals surface area contributed by atoms with Gasteiger partial charge in [-0.2, -0.15) is 0 Å². The van der Waals surface area contributed by atoms with Crippen LogP contribution in [0.4, 0.5) is 0 Å². The average Bonchev–Trinajstić information content (AvgIpc) is 3.22. The van der Waals surface area contributed by atoms with Gasteiger partial charge in [-0.05, 0) is 5.56 Å². The average molecular weight is 405 g/mol. The standard InChI is InChI=1S/C23H23N3O4/c1-29-19-14-25(13-17-8-4-2-5-9-17)22(27)16-26(15-19)23(28)20-12-21(30-24-20)18-10-6-3-7-11-18/h2-12,19H,13-16H2,1H3. The van der Waals surface area contributed by atoms with Crippen molar-refractivity contribution < 1.29 is 18.8 Å². The van der Waals surface area contributed by atoms with E-state index in [1.807, 2.05) is 60.7 Å². The molecule has 4 rings (SSSR count). The Morgan fingerprint density at radius 3 is 2.50 bits per heavy atom. The Morgan fingerprint density at radius 1 is 1.10 bits per heavy atom. The van der Waals surface area contributed by atoms with Crippen LogP contribution in [0.15, 0.2) is 71.3 Å². The molecule has 0 aliphatic carbocycles. The first-order chi connectivity index (χ1) is 14.6. The second kappa shape index (κ2) is 8.92. The minimum absolute atomic E-state index is 0.0287. The molecular formula is C23H23N3O4. The lowest BCUT2D eigenvalue weighted by atomic mass is 10.1. The number of amides is 2. The zero-order valence-electron chi connectivity index (χ0n) is 16.7. The van der Waals surface area contributed by atoms with E-state index in [0.717, 1.165) is 11.1 Å². The summed E-state index contributed by atoms with van der Waals surface area (Å²) in [4.78, 5) is 29.1. The normalized spacial score (nSPS) is 17.1. The van der Waals surface area contributed by atoms with Crippen LogP contribution in [0.1, 0.15) is 16.1 Å².